The van der Waals surface area contributed by atoms with Crippen molar-refractivity contribution >= 4 is 38.9 Å². The number of nitrogens with one attached hydrogen (secondary N) is 1. The van der Waals surface area contributed by atoms with Crippen LogP contribution in [0.15, 0.2) is 81.8 Å². The number of halogens is 3. The third kappa shape index (κ3) is 4.05. The van der Waals surface area contributed by atoms with Gasteiger partial charge in [0.1, 0.15) is 29.2 Å². The van der Waals surface area contributed by atoms with E-state index in [1.165, 1.54) is 18.2 Å². The standard InChI is InChI=1S/C25H18BrF2N3OS/c1-14-12-16(6-8-19(14)28)31-24(23(30-25(31)33)20-4-2-3-11-29-20)22-10-9-21(32-22)17-7-5-15(27)13-18(17)26/h2-13,23-24H,1H3,(H,30,33)/t23-,24+/m0/s1. The van der Waals surface area contributed by atoms with Gasteiger partial charge in [0.05, 0.1) is 11.7 Å². The van der Waals surface area contributed by atoms with Gasteiger partial charge in [-0.1, -0.05) is 6.07 Å². The largest absolute Gasteiger partial charge is 0.459 e. The Balaban J connectivity index is 1.61. The van der Waals surface area contributed by atoms with E-state index in [0.717, 1.165) is 16.9 Å². The molecule has 1 fully saturated rings. The lowest BCUT2D eigenvalue weighted by Crippen LogP contribution is -2.29. The second-order valence-corrected chi connectivity index (χ2v) is 9.00. The van der Waals surface area contributed by atoms with Crippen molar-refractivity contribution in [2.75, 3.05) is 4.90 Å². The summed E-state index contributed by atoms with van der Waals surface area (Å²) in [6.07, 6.45) is 1.73. The van der Waals surface area contributed by atoms with Crippen LogP contribution >= 0.6 is 28.1 Å². The maximum absolute atomic E-state index is 14.0. The fourth-order valence-corrected chi connectivity index (χ4v) is 4.94. The van der Waals surface area contributed by atoms with Gasteiger partial charge in [-0.3, -0.25) is 4.98 Å². The number of aryl methyl sites for hydroxylation is 1. The van der Waals surface area contributed by atoms with E-state index in [0.29, 0.717) is 26.7 Å². The summed E-state index contributed by atoms with van der Waals surface area (Å²) in [5.41, 5.74) is 2.79. The van der Waals surface area contributed by atoms with Crippen molar-refractivity contribution in [3.05, 3.63) is 106 Å². The summed E-state index contributed by atoms with van der Waals surface area (Å²) in [7, 11) is 0. The zero-order valence-corrected chi connectivity index (χ0v) is 19.8. The predicted octanol–water partition coefficient (Wildman–Crippen LogP) is 6.87. The summed E-state index contributed by atoms with van der Waals surface area (Å²) in [6, 6.07) is 18.1. The minimum atomic E-state index is -0.370. The van der Waals surface area contributed by atoms with E-state index in [9.17, 15) is 8.78 Å². The van der Waals surface area contributed by atoms with Crippen LogP contribution in [0.2, 0.25) is 0 Å². The van der Waals surface area contributed by atoms with E-state index in [-0.39, 0.29) is 23.7 Å². The molecule has 4 nitrogen and oxygen atoms in total. The number of furan rings is 1. The lowest BCUT2D eigenvalue weighted by Gasteiger charge is -2.26. The van der Waals surface area contributed by atoms with Crippen LogP contribution in [-0.2, 0) is 0 Å². The van der Waals surface area contributed by atoms with Crippen LogP contribution in [0.4, 0.5) is 14.5 Å². The summed E-state index contributed by atoms with van der Waals surface area (Å²) >= 11 is 9.10. The first-order chi connectivity index (χ1) is 15.9. The van der Waals surface area contributed by atoms with Gasteiger partial charge >= 0.3 is 0 Å². The van der Waals surface area contributed by atoms with E-state index in [1.807, 2.05) is 35.2 Å². The zero-order chi connectivity index (χ0) is 23.1. The average Bonchev–Trinajstić information content (AvgIpc) is 3.41. The van der Waals surface area contributed by atoms with Gasteiger partial charge in [0.25, 0.3) is 0 Å². The Bertz CT molecular complexity index is 1340. The number of pyridine rings is 1. The minimum absolute atomic E-state index is 0.281. The van der Waals surface area contributed by atoms with Crippen molar-refractivity contribution in [2.24, 2.45) is 0 Å². The monoisotopic (exact) mass is 525 g/mol. The molecular weight excluding hydrogens is 508 g/mol. The molecule has 2 aromatic heterocycles. The molecule has 1 N–H and O–H groups in total. The van der Waals surface area contributed by atoms with E-state index < -0.39 is 0 Å². The highest BCUT2D eigenvalue weighted by molar-refractivity contribution is 9.10. The lowest BCUT2D eigenvalue weighted by atomic mass is 10.0. The molecule has 1 saturated heterocycles. The van der Waals surface area contributed by atoms with E-state index in [2.05, 4.69) is 26.2 Å². The second kappa shape index (κ2) is 8.68. The summed E-state index contributed by atoms with van der Waals surface area (Å²) in [6.45, 7) is 1.72. The lowest BCUT2D eigenvalue weighted by molar-refractivity contribution is 0.439. The van der Waals surface area contributed by atoms with Crippen molar-refractivity contribution in [2.45, 2.75) is 19.0 Å². The van der Waals surface area contributed by atoms with Gasteiger partial charge in [-0.25, -0.2) is 8.78 Å². The summed E-state index contributed by atoms with van der Waals surface area (Å²) in [4.78, 5) is 6.44. The van der Waals surface area contributed by atoms with E-state index >= 15 is 0 Å². The van der Waals surface area contributed by atoms with Crippen LogP contribution in [0.5, 0.6) is 0 Å². The number of anilines is 1. The quantitative estimate of drug-likeness (QED) is 0.294. The van der Waals surface area contributed by atoms with Crippen molar-refractivity contribution in [3.63, 3.8) is 0 Å². The smallest absolute Gasteiger partial charge is 0.174 e. The number of hydrogen-bond donors (Lipinski definition) is 1. The molecule has 2 atom stereocenters. The van der Waals surface area contributed by atoms with Crippen molar-refractivity contribution in [3.8, 4) is 11.3 Å². The first kappa shape index (κ1) is 21.7. The molecule has 0 amide bonds. The third-order valence-electron chi connectivity index (χ3n) is 5.63. The fraction of sp³-hybridized carbons (Fsp3) is 0.120. The molecule has 0 spiro atoms. The number of thiocarbonyl (C=S) groups is 1. The van der Waals surface area contributed by atoms with Crippen LogP contribution < -0.4 is 10.2 Å². The molecule has 0 aliphatic carbocycles. The summed E-state index contributed by atoms with van der Waals surface area (Å²) in [5.74, 6) is 0.614. The van der Waals surface area contributed by atoms with E-state index in [1.54, 1.807) is 31.3 Å². The molecule has 33 heavy (non-hydrogen) atoms. The van der Waals surface area contributed by atoms with Gasteiger partial charge in [0.15, 0.2) is 5.11 Å². The first-order valence-corrected chi connectivity index (χ1v) is 11.4. The van der Waals surface area contributed by atoms with E-state index in [4.69, 9.17) is 16.6 Å². The van der Waals surface area contributed by atoms with Crippen LogP contribution in [0, 0.1) is 18.6 Å². The molecule has 5 rings (SSSR count). The molecular formula is C25H18BrF2N3OS. The highest BCUT2D eigenvalue weighted by Crippen LogP contribution is 2.43. The molecule has 1 aliphatic rings. The van der Waals surface area contributed by atoms with Gasteiger partial charge in [-0.15, -0.1) is 0 Å². The molecule has 3 heterocycles. The highest BCUT2D eigenvalue weighted by Gasteiger charge is 2.42. The second-order valence-electron chi connectivity index (χ2n) is 7.76. The van der Waals surface area contributed by atoms with Gasteiger partial charge in [0, 0.05) is 21.9 Å². The number of rotatable bonds is 4. The molecule has 0 radical (unpaired) electrons. The molecule has 0 unspecified atom stereocenters. The number of aromatic nitrogens is 1. The minimum Gasteiger partial charge on any atom is -0.459 e. The van der Waals surface area contributed by atoms with Crippen LogP contribution in [0.1, 0.15) is 29.1 Å². The van der Waals surface area contributed by atoms with Crippen LogP contribution in [0.3, 0.4) is 0 Å². The average molecular weight is 526 g/mol. The Hall–Kier alpha value is -3.10. The van der Waals surface area contributed by atoms with Gasteiger partial charge in [-0.05, 0) is 101 Å². The molecule has 8 heteroatoms. The van der Waals surface area contributed by atoms with Crippen molar-refractivity contribution < 1.29 is 13.2 Å². The Kier molecular flexibility index (Phi) is 5.72. The maximum atomic E-state index is 14.0. The number of benzene rings is 2. The van der Waals surface area contributed by atoms with Crippen LogP contribution in [0.25, 0.3) is 11.3 Å². The van der Waals surface area contributed by atoms with Crippen molar-refractivity contribution in [1.82, 2.24) is 10.3 Å². The Labute approximate surface area is 203 Å². The van der Waals surface area contributed by atoms with Gasteiger partial charge in [0.2, 0.25) is 0 Å². The Morgan fingerprint density at radius 1 is 1.06 bits per heavy atom. The number of hydrogen-bond acceptors (Lipinski definition) is 3. The molecule has 4 aromatic rings. The molecule has 166 valence electrons. The maximum Gasteiger partial charge on any atom is 0.174 e. The Morgan fingerprint density at radius 2 is 1.91 bits per heavy atom. The van der Waals surface area contributed by atoms with Crippen molar-refractivity contribution in [1.29, 1.82) is 0 Å². The SMILES string of the molecule is Cc1cc(N2C(=S)N[C@@H](c3ccccn3)[C@H]2c2ccc(-c3ccc(F)cc3Br)o2)ccc1F. The van der Waals surface area contributed by atoms with Crippen LogP contribution in [-0.4, -0.2) is 10.1 Å². The summed E-state index contributed by atoms with van der Waals surface area (Å²) in [5, 5.41) is 3.84. The predicted molar refractivity (Wildman–Crippen MR) is 131 cm³/mol. The normalized spacial score (nSPS) is 17.9. The highest BCUT2D eigenvalue weighted by atomic mass is 79.9. The zero-order valence-electron chi connectivity index (χ0n) is 17.4. The van der Waals surface area contributed by atoms with Gasteiger partial charge in [-0.2, -0.15) is 0 Å². The number of nitrogens with zero attached hydrogens (tertiary/aromatic N) is 2. The summed E-state index contributed by atoms with van der Waals surface area (Å²) < 4.78 is 34.4. The first-order valence-electron chi connectivity index (χ1n) is 10.2. The molecule has 0 saturated carbocycles. The third-order valence-corrected chi connectivity index (χ3v) is 6.60. The molecule has 1 aliphatic heterocycles. The Morgan fingerprint density at radius 3 is 2.64 bits per heavy atom. The fourth-order valence-electron chi connectivity index (χ4n) is 4.05. The van der Waals surface area contributed by atoms with Gasteiger partial charge < -0.3 is 14.6 Å². The molecule has 2 aromatic carbocycles. The topological polar surface area (TPSA) is 41.3 Å². The molecule has 0 bridgehead atoms.